The molecule has 1 amide bonds. The molecule has 1 N–H and O–H groups in total. The van der Waals surface area contributed by atoms with E-state index < -0.39 is 17.6 Å². The summed E-state index contributed by atoms with van der Waals surface area (Å²) in [5, 5.41) is 20.2. The molecule has 2 aromatic heterocycles. The number of carbonyl (C=O) groups is 1. The summed E-state index contributed by atoms with van der Waals surface area (Å²) in [5.41, 5.74) is 1.04. The van der Waals surface area contributed by atoms with Gasteiger partial charge in [-0.05, 0) is 59.2 Å². The van der Waals surface area contributed by atoms with Crippen LogP contribution in [0.2, 0.25) is 0 Å². The number of amides is 1. The summed E-state index contributed by atoms with van der Waals surface area (Å²) in [6, 6.07) is 14.4. The average Bonchev–Trinajstić information content (AvgIpc) is 3.50. The Morgan fingerprint density at radius 3 is 2.64 bits per heavy atom. The Kier molecular flexibility index (Phi) is 6.66. The Morgan fingerprint density at radius 1 is 1.13 bits per heavy atom. The summed E-state index contributed by atoms with van der Waals surface area (Å²) in [4.78, 5) is 19.1. The topological polar surface area (TPSA) is 109 Å². The quantitative estimate of drug-likeness (QED) is 0.331. The molecule has 1 aliphatic heterocycles. The predicted molar refractivity (Wildman–Crippen MR) is 137 cm³/mol. The van der Waals surface area contributed by atoms with E-state index in [0.29, 0.717) is 34.1 Å². The van der Waals surface area contributed by atoms with Crippen molar-refractivity contribution in [3.63, 3.8) is 0 Å². The van der Waals surface area contributed by atoms with Crippen LogP contribution in [0.3, 0.4) is 0 Å². The number of pyridine rings is 1. The van der Waals surface area contributed by atoms with Gasteiger partial charge in [-0.2, -0.15) is 18.4 Å². The van der Waals surface area contributed by atoms with Gasteiger partial charge < -0.3 is 14.6 Å². The maximum absolute atomic E-state index is 13.7. The van der Waals surface area contributed by atoms with Crippen molar-refractivity contribution in [2.75, 3.05) is 23.9 Å². The van der Waals surface area contributed by atoms with E-state index in [-0.39, 0.29) is 36.5 Å². The molecule has 39 heavy (non-hydrogen) atoms. The third-order valence-corrected chi connectivity index (χ3v) is 6.39. The molecule has 0 unspecified atom stereocenters. The van der Waals surface area contributed by atoms with E-state index in [2.05, 4.69) is 20.5 Å². The summed E-state index contributed by atoms with van der Waals surface area (Å²) in [5.74, 6) is 1.07. The Morgan fingerprint density at radius 2 is 1.95 bits per heavy atom. The van der Waals surface area contributed by atoms with Crippen LogP contribution in [0.15, 0.2) is 54.9 Å². The van der Waals surface area contributed by atoms with Gasteiger partial charge in [0.25, 0.3) is 5.91 Å². The normalized spacial score (nSPS) is 12.8. The van der Waals surface area contributed by atoms with Gasteiger partial charge in [0.05, 0.1) is 31.7 Å². The number of hydrogen-bond acceptors (Lipinski definition) is 7. The number of ether oxygens (including phenoxy) is 1. The molecule has 0 spiro atoms. The molecule has 0 atom stereocenters. The van der Waals surface area contributed by atoms with Crippen molar-refractivity contribution in [2.45, 2.75) is 19.1 Å². The lowest BCUT2D eigenvalue weighted by atomic mass is 9.99. The standard InChI is InChI=1S/C27H22F3N7O2/c1-36-15-33-35-25(36)18-8-7-17(39-2)13-20(18)16-11-23(32-10-4-9-31)34-24(12-16)37-14-21-19(26(37)38)5-3-6-22(21)27(28,29)30/h3,5-8,11-13,15H,4,10,14H2,1-2H3,(H,32,34). The summed E-state index contributed by atoms with van der Waals surface area (Å²) < 4.78 is 48.3. The molecule has 2 aromatic carbocycles. The molecule has 0 fully saturated rings. The van der Waals surface area contributed by atoms with Gasteiger partial charge in [0.15, 0.2) is 5.82 Å². The van der Waals surface area contributed by atoms with Crippen LogP contribution in [0, 0.1) is 11.3 Å². The second-order valence-electron chi connectivity index (χ2n) is 8.83. The van der Waals surface area contributed by atoms with Crippen LogP contribution >= 0.6 is 0 Å². The van der Waals surface area contributed by atoms with E-state index in [4.69, 9.17) is 10.00 Å². The first-order valence-corrected chi connectivity index (χ1v) is 11.9. The van der Waals surface area contributed by atoms with E-state index in [1.807, 2.05) is 12.1 Å². The molecule has 0 saturated heterocycles. The molecule has 0 aliphatic carbocycles. The van der Waals surface area contributed by atoms with Gasteiger partial charge in [-0.3, -0.25) is 9.69 Å². The Labute approximate surface area is 221 Å². The number of methoxy groups -OCH3 is 1. The molecule has 9 nitrogen and oxygen atoms in total. The second-order valence-corrected chi connectivity index (χ2v) is 8.83. The molecule has 198 valence electrons. The first kappa shape index (κ1) is 25.7. The van der Waals surface area contributed by atoms with Gasteiger partial charge in [0.2, 0.25) is 0 Å². The van der Waals surface area contributed by atoms with Crippen molar-refractivity contribution in [2.24, 2.45) is 7.05 Å². The van der Waals surface area contributed by atoms with Crippen LogP contribution in [0.25, 0.3) is 22.5 Å². The maximum atomic E-state index is 13.7. The molecule has 0 saturated carbocycles. The number of carbonyl (C=O) groups excluding carboxylic acids is 1. The Bertz CT molecular complexity index is 1610. The minimum Gasteiger partial charge on any atom is -0.497 e. The number of fused-ring (bicyclic) bond motifs is 1. The number of benzene rings is 2. The molecule has 1 aliphatic rings. The number of nitrogens with zero attached hydrogens (tertiary/aromatic N) is 6. The minimum absolute atomic E-state index is 0.0165. The van der Waals surface area contributed by atoms with Crippen molar-refractivity contribution in [3.05, 3.63) is 71.5 Å². The van der Waals surface area contributed by atoms with E-state index in [0.717, 1.165) is 6.07 Å². The number of rotatable bonds is 7. The number of nitriles is 1. The molecule has 12 heteroatoms. The fraction of sp³-hybridized carbons (Fsp3) is 0.222. The Hall–Kier alpha value is -4.92. The van der Waals surface area contributed by atoms with Crippen LogP contribution in [0.4, 0.5) is 24.8 Å². The highest BCUT2D eigenvalue weighted by atomic mass is 19.4. The van der Waals surface area contributed by atoms with Crippen LogP contribution < -0.4 is 15.0 Å². The summed E-state index contributed by atoms with van der Waals surface area (Å²) in [7, 11) is 3.33. The van der Waals surface area contributed by atoms with Gasteiger partial charge in [-0.1, -0.05) is 6.07 Å². The highest BCUT2D eigenvalue weighted by molar-refractivity contribution is 6.10. The molecule has 0 radical (unpaired) electrons. The summed E-state index contributed by atoms with van der Waals surface area (Å²) in [6.45, 7) is -0.000760. The molecule has 5 rings (SSSR count). The van der Waals surface area contributed by atoms with Crippen LogP contribution in [0.5, 0.6) is 5.75 Å². The lowest BCUT2D eigenvalue weighted by Gasteiger charge is -2.19. The third-order valence-electron chi connectivity index (χ3n) is 6.39. The largest absolute Gasteiger partial charge is 0.497 e. The SMILES string of the molecule is COc1ccc(-c2nncn2C)c(-c2cc(NCCC#N)nc(N3Cc4c(cccc4C(F)(F)F)C3=O)c2)c1. The first-order valence-electron chi connectivity index (χ1n) is 11.9. The number of halogens is 3. The second kappa shape index (κ2) is 10.1. The fourth-order valence-electron chi connectivity index (χ4n) is 4.54. The van der Waals surface area contributed by atoms with Crippen molar-refractivity contribution < 1.29 is 22.7 Å². The summed E-state index contributed by atoms with van der Waals surface area (Å²) >= 11 is 0. The van der Waals surface area contributed by atoms with Crippen molar-refractivity contribution in [3.8, 4) is 34.3 Å². The highest BCUT2D eigenvalue weighted by Crippen LogP contribution is 2.40. The first-order chi connectivity index (χ1) is 18.7. The number of anilines is 2. The molecule has 0 bridgehead atoms. The van der Waals surface area contributed by atoms with Crippen molar-refractivity contribution in [1.29, 1.82) is 5.26 Å². The highest BCUT2D eigenvalue weighted by Gasteiger charge is 2.40. The van der Waals surface area contributed by atoms with Gasteiger partial charge in [0.1, 0.15) is 23.7 Å². The van der Waals surface area contributed by atoms with Gasteiger partial charge in [0, 0.05) is 24.7 Å². The molecular formula is C27H22F3N7O2. The minimum atomic E-state index is -4.60. The number of alkyl halides is 3. The maximum Gasteiger partial charge on any atom is 0.416 e. The summed E-state index contributed by atoms with van der Waals surface area (Å²) in [6.07, 6.45) is -2.84. The number of aromatic nitrogens is 4. The number of hydrogen-bond donors (Lipinski definition) is 1. The Balaban J connectivity index is 1.65. The van der Waals surface area contributed by atoms with Gasteiger partial charge in [-0.15, -0.1) is 10.2 Å². The van der Waals surface area contributed by atoms with E-state index in [1.165, 1.54) is 24.1 Å². The smallest absolute Gasteiger partial charge is 0.416 e. The lowest BCUT2D eigenvalue weighted by molar-refractivity contribution is -0.138. The van der Waals surface area contributed by atoms with E-state index >= 15 is 0 Å². The van der Waals surface area contributed by atoms with Gasteiger partial charge >= 0.3 is 6.18 Å². The number of aryl methyl sites for hydroxylation is 1. The fourth-order valence-corrected chi connectivity index (χ4v) is 4.54. The molecular weight excluding hydrogens is 511 g/mol. The monoisotopic (exact) mass is 533 g/mol. The van der Waals surface area contributed by atoms with E-state index in [1.54, 1.807) is 42.2 Å². The zero-order valence-corrected chi connectivity index (χ0v) is 21.0. The zero-order valence-electron chi connectivity index (χ0n) is 21.0. The average molecular weight is 534 g/mol. The molecule has 3 heterocycles. The van der Waals surface area contributed by atoms with Crippen LogP contribution in [0.1, 0.15) is 27.9 Å². The predicted octanol–water partition coefficient (Wildman–Crippen LogP) is 5.06. The van der Waals surface area contributed by atoms with Gasteiger partial charge in [-0.25, -0.2) is 4.98 Å². The van der Waals surface area contributed by atoms with Crippen LogP contribution in [-0.2, 0) is 19.8 Å². The van der Waals surface area contributed by atoms with Crippen molar-refractivity contribution in [1.82, 2.24) is 19.7 Å². The molecule has 4 aromatic rings. The zero-order chi connectivity index (χ0) is 27.7. The van der Waals surface area contributed by atoms with Crippen LogP contribution in [-0.4, -0.2) is 39.3 Å². The van der Waals surface area contributed by atoms with Crippen molar-refractivity contribution >= 4 is 17.5 Å². The number of nitrogens with one attached hydrogen (secondary N) is 1. The third kappa shape index (κ3) is 4.86. The van der Waals surface area contributed by atoms with E-state index in [9.17, 15) is 18.0 Å². The lowest BCUT2D eigenvalue weighted by Crippen LogP contribution is -2.24.